The summed E-state index contributed by atoms with van der Waals surface area (Å²) in [6.45, 7) is 3.03. The van der Waals surface area contributed by atoms with Crippen LogP contribution in [0.1, 0.15) is 12.8 Å². The highest BCUT2D eigenvalue weighted by atomic mass is 16.5. The van der Waals surface area contributed by atoms with Crippen molar-refractivity contribution < 1.29 is 9.47 Å². The maximum absolute atomic E-state index is 12.7. The Hall–Kier alpha value is -3.33. The molecule has 1 fully saturated rings. The molecule has 4 heterocycles. The van der Waals surface area contributed by atoms with Crippen molar-refractivity contribution in [3.63, 3.8) is 0 Å². The number of rotatable bonds is 6. The van der Waals surface area contributed by atoms with Gasteiger partial charge in [-0.3, -0.25) is 14.0 Å². The SMILES string of the molecule is COCCn1ccc2c(OC3CCN(c4nc5nn(C)cc5c(=O)n4C)CC3)cccc21. The minimum absolute atomic E-state index is 0.0684. The summed E-state index contributed by atoms with van der Waals surface area (Å²) in [5.41, 5.74) is 1.58. The predicted molar refractivity (Wildman–Crippen MR) is 123 cm³/mol. The lowest BCUT2D eigenvalue weighted by Gasteiger charge is -2.33. The van der Waals surface area contributed by atoms with Crippen molar-refractivity contribution in [3.05, 3.63) is 47.0 Å². The number of nitrogens with zero attached hydrogens (tertiary/aromatic N) is 6. The minimum atomic E-state index is -0.0684. The summed E-state index contributed by atoms with van der Waals surface area (Å²) in [5, 5.41) is 5.99. The second-order valence-electron chi connectivity index (χ2n) is 8.31. The van der Waals surface area contributed by atoms with Gasteiger partial charge in [0.2, 0.25) is 5.95 Å². The van der Waals surface area contributed by atoms with E-state index in [-0.39, 0.29) is 11.7 Å². The first-order chi connectivity index (χ1) is 15.5. The summed E-state index contributed by atoms with van der Waals surface area (Å²) >= 11 is 0. The van der Waals surface area contributed by atoms with E-state index in [1.165, 1.54) is 0 Å². The van der Waals surface area contributed by atoms with Crippen molar-refractivity contribution >= 4 is 27.9 Å². The van der Waals surface area contributed by atoms with Crippen LogP contribution in [0.5, 0.6) is 5.75 Å². The summed E-state index contributed by atoms with van der Waals surface area (Å²) in [6, 6.07) is 8.30. The molecule has 1 aliphatic heterocycles. The zero-order valence-corrected chi connectivity index (χ0v) is 18.7. The third-order valence-corrected chi connectivity index (χ3v) is 6.18. The number of aromatic nitrogens is 5. The number of methoxy groups -OCH3 is 1. The quantitative estimate of drug-likeness (QED) is 0.462. The van der Waals surface area contributed by atoms with E-state index in [1.54, 1.807) is 36.7 Å². The first-order valence-corrected chi connectivity index (χ1v) is 10.9. The molecule has 1 aromatic carbocycles. The summed E-state index contributed by atoms with van der Waals surface area (Å²) in [7, 11) is 5.29. The number of ether oxygens (including phenoxy) is 2. The van der Waals surface area contributed by atoms with Crippen molar-refractivity contribution in [1.82, 2.24) is 23.9 Å². The zero-order valence-electron chi connectivity index (χ0n) is 18.7. The van der Waals surface area contributed by atoms with E-state index in [1.807, 2.05) is 12.1 Å². The molecule has 0 bridgehead atoms. The molecule has 0 atom stereocenters. The Morgan fingerprint density at radius 2 is 1.94 bits per heavy atom. The van der Waals surface area contributed by atoms with Crippen LogP contribution in [0.15, 0.2) is 41.5 Å². The molecular formula is C23H28N6O3. The molecule has 0 radical (unpaired) electrons. The Balaban J connectivity index is 1.31. The fraction of sp³-hybridized carbons (Fsp3) is 0.435. The van der Waals surface area contributed by atoms with Crippen molar-refractivity contribution in [2.75, 3.05) is 31.7 Å². The molecule has 4 aromatic rings. The van der Waals surface area contributed by atoms with Crippen molar-refractivity contribution in [2.24, 2.45) is 14.1 Å². The normalized spacial score (nSPS) is 15.2. The van der Waals surface area contributed by atoms with Gasteiger partial charge in [-0.15, -0.1) is 0 Å². The lowest BCUT2D eigenvalue weighted by atomic mass is 10.1. The van der Waals surface area contributed by atoms with Gasteiger partial charge in [-0.2, -0.15) is 10.1 Å². The lowest BCUT2D eigenvalue weighted by molar-refractivity contribution is 0.172. The van der Waals surface area contributed by atoms with Gasteiger partial charge >= 0.3 is 0 Å². The molecule has 9 nitrogen and oxygen atoms in total. The van der Waals surface area contributed by atoms with Gasteiger partial charge in [0.15, 0.2) is 5.65 Å². The second-order valence-corrected chi connectivity index (χ2v) is 8.31. The van der Waals surface area contributed by atoms with Gasteiger partial charge in [0.05, 0.1) is 12.1 Å². The molecule has 168 valence electrons. The first kappa shape index (κ1) is 20.6. The highest BCUT2D eigenvalue weighted by Crippen LogP contribution is 2.29. The monoisotopic (exact) mass is 436 g/mol. The molecular weight excluding hydrogens is 408 g/mol. The topological polar surface area (TPSA) is 79.3 Å². The van der Waals surface area contributed by atoms with Gasteiger partial charge < -0.3 is 18.9 Å². The van der Waals surface area contributed by atoms with Gasteiger partial charge in [0.1, 0.15) is 17.2 Å². The Morgan fingerprint density at radius 3 is 2.72 bits per heavy atom. The molecule has 1 saturated heterocycles. The average Bonchev–Trinajstić information content (AvgIpc) is 3.39. The van der Waals surface area contributed by atoms with Crippen molar-refractivity contribution in [3.8, 4) is 5.75 Å². The molecule has 5 rings (SSSR count). The van der Waals surface area contributed by atoms with E-state index >= 15 is 0 Å². The molecule has 0 amide bonds. The van der Waals surface area contributed by atoms with Gasteiger partial charge in [-0.1, -0.05) is 6.07 Å². The van der Waals surface area contributed by atoms with Gasteiger partial charge in [-0.25, -0.2) is 0 Å². The number of hydrogen-bond acceptors (Lipinski definition) is 6. The van der Waals surface area contributed by atoms with Crippen molar-refractivity contribution in [2.45, 2.75) is 25.5 Å². The maximum Gasteiger partial charge on any atom is 0.265 e. The standard InChI is InChI=1S/C23H28N6O3/c1-26-15-18-21(25-26)24-23(27(2)22(18)30)29-10-7-16(8-11-29)32-20-6-4-5-19-17(20)9-12-28(19)13-14-31-3/h4-6,9,12,15-16H,7-8,10-11,13-14H2,1-3H3. The molecule has 32 heavy (non-hydrogen) atoms. The Labute approximate surface area is 185 Å². The number of hydrogen-bond donors (Lipinski definition) is 0. The minimum Gasteiger partial charge on any atom is -0.490 e. The van der Waals surface area contributed by atoms with E-state index in [4.69, 9.17) is 9.47 Å². The number of aryl methyl sites for hydroxylation is 1. The predicted octanol–water partition coefficient (Wildman–Crippen LogP) is 2.32. The number of piperidine rings is 1. The van der Waals surface area contributed by atoms with E-state index < -0.39 is 0 Å². The van der Waals surface area contributed by atoms with Crippen LogP contribution >= 0.6 is 0 Å². The molecule has 1 aliphatic rings. The van der Waals surface area contributed by atoms with E-state index in [2.05, 4.69) is 37.9 Å². The Bertz CT molecular complexity index is 1310. The van der Waals surface area contributed by atoms with Crippen LogP contribution in [0.25, 0.3) is 21.9 Å². The van der Waals surface area contributed by atoms with Crippen LogP contribution in [0, 0.1) is 0 Å². The number of benzene rings is 1. The zero-order chi connectivity index (χ0) is 22.2. The largest absolute Gasteiger partial charge is 0.490 e. The summed E-state index contributed by atoms with van der Waals surface area (Å²) in [5.74, 6) is 1.58. The highest BCUT2D eigenvalue weighted by Gasteiger charge is 2.25. The van der Waals surface area contributed by atoms with Crippen LogP contribution in [-0.4, -0.2) is 56.8 Å². The Kier molecular flexibility index (Phi) is 5.34. The molecule has 3 aromatic heterocycles. The van der Waals surface area contributed by atoms with Crippen LogP contribution in [0.4, 0.5) is 5.95 Å². The summed E-state index contributed by atoms with van der Waals surface area (Å²) < 4.78 is 17.1. The number of anilines is 1. The fourth-order valence-corrected chi connectivity index (χ4v) is 4.47. The van der Waals surface area contributed by atoms with Crippen LogP contribution in [-0.2, 0) is 25.4 Å². The molecule has 0 saturated carbocycles. The maximum atomic E-state index is 12.7. The molecule has 9 heteroatoms. The molecule has 0 spiro atoms. The third-order valence-electron chi connectivity index (χ3n) is 6.18. The van der Waals surface area contributed by atoms with E-state index in [0.29, 0.717) is 23.6 Å². The van der Waals surface area contributed by atoms with Crippen LogP contribution in [0.3, 0.4) is 0 Å². The Morgan fingerprint density at radius 1 is 1.12 bits per heavy atom. The average molecular weight is 437 g/mol. The van der Waals surface area contributed by atoms with Crippen LogP contribution in [0.2, 0.25) is 0 Å². The fourth-order valence-electron chi connectivity index (χ4n) is 4.47. The molecule has 0 unspecified atom stereocenters. The van der Waals surface area contributed by atoms with Crippen molar-refractivity contribution in [1.29, 1.82) is 0 Å². The number of fused-ring (bicyclic) bond motifs is 2. The lowest BCUT2D eigenvalue weighted by Crippen LogP contribution is -2.41. The molecule has 0 aliphatic carbocycles. The van der Waals surface area contributed by atoms with Gasteiger partial charge in [0, 0.05) is 71.5 Å². The summed E-state index contributed by atoms with van der Waals surface area (Å²) in [4.78, 5) is 19.5. The third kappa shape index (κ3) is 3.62. The first-order valence-electron chi connectivity index (χ1n) is 10.9. The van der Waals surface area contributed by atoms with Crippen LogP contribution < -0.4 is 15.2 Å². The summed E-state index contributed by atoms with van der Waals surface area (Å²) in [6.07, 6.45) is 5.64. The van der Waals surface area contributed by atoms with E-state index in [0.717, 1.165) is 49.1 Å². The van der Waals surface area contributed by atoms with Gasteiger partial charge in [-0.05, 0) is 18.2 Å². The smallest absolute Gasteiger partial charge is 0.265 e. The van der Waals surface area contributed by atoms with Gasteiger partial charge in [0.25, 0.3) is 5.56 Å². The van der Waals surface area contributed by atoms with E-state index in [9.17, 15) is 4.79 Å². The molecule has 0 N–H and O–H groups in total. The highest BCUT2D eigenvalue weighted by molar-refractivity contribution is 5.86. The second kappa shape index (κ2) is 8.31.